The Labute approximate surface area is 88.3 Å². The third-order valence-corrected chi connectivity index (χ3v) is 2.38. The van der Waals surface area contributed by atoms with Crippen LogP contribution in [-0.4, -0.2) is 26.1 Å². The molecule has 0 aliphatic heterocycles. The molecule has 2 aromatic heterocycles. The van der Waals surface area contributed by atoms with Crippen LogP contribution in [0.5, 0.6) is 0 Å². The maximum absolute atomic E-state index is 5.51. The van der Waals surface area contributed by atoms with E-state index in [-0.39, 0.29) is 5.92 Å². The van der Waals surface area contributed by atoms with E-state index in [2.05, 4.69) is 22.0 Å². The molecule has 0 aliphatic rings. The van der Waals surface area contributed by atoms with Crippen molar-refractivity contribution in [2.45, 2.75) is 26.2 Å². The van der Waals surface area contributed by atoms with Crippen LogP contribution in [0.25, 0.3) is 5.78 Å². The maximum atomic E-state index is 5.51. The lowest BCUT2D eigenvalue weighted by Crippen LogP contribution is -2.06. The van der Waals surface area contributed by atoms with Crippen LogP contribution in [0, 0.1) is 6.92 Å². The molecule has 5 nitrogen and oxygen atoms in total. The van der Waals surface area contributed by atoms with Gasteiger partial charge in [-0.1, -0.05) is 6.92 Å². The van der Waals surface area contributed by atoms with E-state index >= 15 is 0 Å². The van der Waals surface area contributed by atoms with E-state index in [4.69, 9.17) is 5.73 Å². The fourth-order valence-electron chi connectivity index (χ4n) is 1.48. The number of hydrogen-bond acceptors (Lipinski definition) is 4. The molecule has 0 aliphatic carbocycles. The second-order valence-electron chi connectivity index (χ2n) is 3.82. The summed E-state index contributed by atoms with van der Waals surface area (Å²) in [4.78, 5) is 8.56. The Balaban J connectivity index is 2.38. The van der Waals surface area contributed by atoms with Crippen molar-refractivity contribution < 1.29 is 0 Å². The maximum Gasteiger partial charge on any atom is 0.252 e. The van der Waals surface area contributed by atoms with E-state index in [0.29, 0.717) is 12.3 Å². The summed E-state index contributed by atoms with van der Waals surface area (Å²) < 4.78 is 1.72. The Morgan fingerprint density at radius 2 is 2.33 bits per heavy atom. The molecule has 0 bridgehead atoms. The second-order valence-corrected chi connectivity index (χ2v) is 3.82. The molecule has 2 heterocycles. The molecule has 2 rings (SSSR count). The highest BCUT2D eigenvalue weighted by Gasteiger charge is 2.11. The summed E-state index contributed by atoms with van der Waals surface area (Å²) in [7, 11) is 0. The fourth-order valence-corrected chi connectivity index (χ4v) is 1.48. The molecular formula is C10H15N5. The zero-order chi connectivity index (χ0) is 10.8. The minimum absolute atomic E-state index is 0.289. The van der Waals surface area contributed by atoms with Gasteiger partial charge in [-0.2, -0.15) is 4.98 Å². The number of hydrogen-bond donors (Lipinski definition) is 1. The van der Waals surface area contributed by atoms with E-state index < -0.39 is 0 Å². The summed E-state index contributed by atoms with van der Waals surface area (Å²) in [6.07, 6.45) is 4.62. The van der Waals surface area contributed by atoms with Gasteiger partial charge in [-0.05, 0) is 25.5 Å². The lowest BCUT2D eigenvalue weighted by Gasteiger charge is -2.02. The molecular weight excluding hydrogens is 190 g/mol. The van der Waals surface area contributed by atoms with Crippen molar-refractivity contribution in [3.05, 3.63) is 23.8 Å². The number of aromatic nitrogens is 4. The molecule has 0 spiro atoms. The minimum atomic E-state index is 0.289. The number of rotatable bonds is 3. The van der Waals surface area contributed by atoms with E-state index in [1.807, 2.05) is 13.1 Å². The van der Waals surface area contributed by atoms with Gasteiger partial charge in [0.05, 0.1) is 0 Å². The number of nitrogens with zero attached hydrogens (tertiary/aromatic N) is 4. The lowest BCUT2D eigenvalue weighted by atomic mass is 10.1. The Morgan fingerprint density at radius 3 is 3.07 bits per heavy atom. The molecule has 0 amide bonds. The van der Waals surface area contributed by atoms with Gasteiger partial charge in [0, 0.05) is 18.3 Å². The molecule has 1 unspecified atom stereocenters. The van der Waals surface area contributed by atoms with Crippen LogP contribution in [0.1, 0.15) is 30.7 Å². The second kappa shape index (κ2) is 3.94. The molecule has 0 fully saturated rings. The normalized spacial score (nSPS) is 13.3. The quantitative estimate of drug-likeness (QED) is 0.807. The van der Waals surface area contributed by atoms with Crippen molar-refractivity contribution in [2.75, 3.05) is 6.54 Å². The smallest absolute Gasteiger partial charge is 0.252 e. The van der Waals surface area contributed by atoms with Crippen LogP contribution in [-0.2, 0) is 0 Å². The third kappa shape index (κ3) is 1.97. The van der Waals surface area contributed by atoms with Gasteiger partial charge in [0.2, 0.25) is 0 Å². The molecule has 0 saturated heterocycles. The van der Waals surface area contributed by atoms with E-state index in [9.17, 15) is 0 Å². The predicted molar refractivity (Wildman–Crippen MR) is 57.6 cm³/mol. The molecule has 1 atom stereocenters. The van der Waals surface area contributed by atoms with Crippen LogP contribution in [0.2, 0.25) is 0 Å². The van der Waals surface area contributed by atoms with Crippen molar-refractivity contribution in [3.63, 3.8) is 0 Å². The number of nitrogens with two attached hydrogens (primary N) is 1. The van der Waals surface area contributed by atoms with Gasteiger partial charge in [-0.3, -0.25) is 0 Å². The summed E-state index contributed by atoms with van der Waals surface area (Å²) >= 11 is 0. The minimum Gasteiger partial charge on any atom is -0.330 e. The van der Waals surface area contributed by atoms with Gasteiger partial charge < -0.3 is 5.73 Å². The first kappa shape index (κ1) is 10.0. The Hall–Kier alpha value is -1.49. The van der Waals surface area contributed by atoms with E-state index in [1.165, 1.54) is 0 Å². The molecule has 0 radical (unpaired) electrons. The van der Waals surface area contributed by atoms with Crippen molar-refractivity contribution in [2.24, 2.45) is 5.73 Å². The van der Waals surface area contributed by atoms with Gasteiger partial charge in [0.15, 0.2) is 5.82 Å². The first-order valence-corrected chi connectivity index (χ1v) is 5.09. The first-order valence-electron chi connectivity index (χ1n) is 5.09. The Bertz CT molecular complexity index is 462. The number of aryl methyl sites for hydroxylation is 1. The van der Waals surface area contributed by atoms with Crippen LogP contribution in [0.4, 0.5) is 0 Å². The van der Waals surface area contributed by atoms with Crippen LogP contribution >= 0.6 is 0 Å². The first-order chi connectivity index (χ1) is 7.20. The zero-order valence-electron chi connectivity index (χ0n) is 9.01. The van der Waals surface area contributed by atoms with Gasteiger partial charge in [0.25, 0.3) is 5.78 Å². The summed E-state index contributed by atoms with van der Waals surface area (Å²) in [5.74, 6) is 1.76. The summed E-state index contributed by atoms with van der Waals surface area (Å²) in [6.45, 7) is 4.72. The largest absolute Gasteiger partial charge is 0.330 e. The fraction of sp³-hybridized carbons (Fsp3) is 0.500. The molecule has 0 aromatic carbocycles. The molecule has 5 heteroatoms. The van der Waals surface area contributed by atoms with Crippen LogP contribution in [0.15, 0.2) is 12.4 Å². The average Bonchev–Trinajstić information content (AvgIpc) is 2.60. The summed E-state index contributed by atoms with van der Waals surface area (Å²) in [6, 6.07) is 0. The Kier molecular flexibility index (Phi) is 2.64. The number of fused-ring (bicyclic) bond motifs is 1. The van der Waals surface area contributed by atoms with Crippen molar-refractivity contribution >= 4 is 5.78 Å². The molecule has 0 saturated carbocycles. The summed E-state index contributed by atoms with van der Waals surface area (Å²) in [5, 5.41) is 4.38. The standard InChI is InChI=1S/C10H15N5/c1-7-5-12-10-13-9(8(2)3-4-11)14-15(10)6-7/h5-6,8H,3-4,11H2,1-2H3. The molecule has 15 heavy (non-hydrogen) atoms. The SMILES string of the molecule is Cc1cnc2nc(C(C)CCN)nn2c1. The molecule has 2 N–H and O–H groups in total. The van der Waals surface area contributed by atoms with Crippen molar-refractivity contribution in [3.8, 4) is 0 Å². The van der Waals surface area contributed by atoms with E-state index in [0.717, 1.165) is 17.8 Å². The topological polar surface area (TPSA) is 69.1 Å². The van der Waals surface area contributed by atoms with Gasteiger partial charge >= 0.3 is 0 Å². The monoisotopic (exact) mass is 205 g/mol. The lowest BCUT2D eigenvalue weighted by molar-refractivity contribution is 0.645. The van der Waals surface area contributed by atoms with Gasteiger partial charge in [0.1, 0.15) is 0 Å². The van der Waals surface area contributed by atoms with Crippen molar-refractivity contribution in [1.29, 1.82) is 0 Å². The highest BCUT2D eigenvalue weighted by molar-refractivity contribution is 5.27. The van der Waals surface area contributed by atoms with Crippen LogP contribution in [0.3, 0.4) is 0 Å². The average molecular weight is 205 g/mol. The molecule has 2 aromatic rings. The highest BCUT2D eigenvalue weighted by Crippen LogP contribution is 2.14. The Morgan fingerprint density at radius 1 is 1.53 bits per heavy atom. The van der Waals surface area contributed by atoms with Gasteiger partial charge in [-0.15, -0.1) is 5.10 Å². The predicted octanol–water partition coefficient (Wildman–Crippen LogP) is 0.885. The van der Waals surface area contributed by atoms with Crippen molar-refractivity contribution in [1.82, 2.24) is 19.6 Å². The zero-order valence-corrected chi connectivity index (χ0v) is 9.01. The van der Waals surface area contributed by atoms with Gasteiger partial charge in [-0.25, -0.2) is 9.50 Å². The van der Waals surface area contributed by atoms with E-state index in [1.54, 1.807) is 10.7 Å². The molecule has 80 valence electrons. The van der Waals surface area contributed by atoms with Crippen LogP contribution < -0.4 is 5.73 Å². The third-order valence-electron chi connectivity index (χ3n) is 2.38. The highest BCUT2D eigenvalue weighted by atomic mass is 15.3. The summed E-state index contributed by atoms with van der Waals surface area (Å²) in [5.41, 5.74) is 6.58.